The zero-order valence-electron chi connectivity index (χ0n) is 20.1. The van der Waals surface area contributed by atoms with Crippen LogP contribution in [0.25, 0.3) is 0 Å². The largest absolute Gasteiger partial charge is 0.508 e. The van der Waals surface area contributed by atoms with Crippen molar-refractivity contribution in [1.82, 2.24) is 0 Å². The molecule has 1 heterocycles. The number of aromatic hydroxyl groups is 4. The third-order valence-electron chi connectivity index (χ3n) is 9.01. The number of fused-ring (bicyclic) bond motifs is 7. The number of phenols is 4. The Bertz CT molecular complexity index is 1730. The summed E-state index contributed by atoms with van der Waals surface area (Å²) in [7, 11) is 0. The maximum Gasteiger partial charge on any atom is 0.202 e. The monoisotopic (exact) mass is 531 g/mol. The molecule has 1 unspecified atom stereocenters. The fraction of sp³-hybridized carbons (Fsp3) is 0.250. The number of Topliss-reactive ketones (excluding diaryl/α,β-unsaturated/α-hetero) is 1. The summed E-state index contributed by atoms with van der Waals surface area (Å²) in [6, 6.07) is 6.02. The van der Waals surface area contributed by atoms with E-state index in [1.54, 1.807) is 0 Å². The molecule has 1 aliphatic heterocycles. The lowest BCUT2D eigenvalue weighted by molar-refractivity contribution is -0.246. The van der Waals surface area contributed by atoms with Crippen molar-refractivity contribution in [3.05, 3.63) is 75.3 Å². The minimum absolute atomic E-state index is 0.00750. The molecule has 11 nitrogen and oxygen atoms in total. The lowest BCUT2D eigenvalue weighted by atomic mass is 9.47. The summed E-state index contributed by atoms with van der Waals surface area (Å²) in [4.78, 5) is 40.4. The Morgan fingerprint density at radius 1 is 0.795 bits per heavy atom. The summed E-state index contributed by atoms with van der Waals surface area (Å²) in [6.07, 6.45) is -1.89. The van der Waals surface area contributed by atoms with Crippen molar-refractivity contribution < 1.29 is 50.1 Å². The second-order valence-electron chi connectivity index (χ2n) is 10.6. The van der Waals surface area contributed by atoms with Crippen LogP contribution in [0.5, 0.6) is 23.0 Å². The number of benzene rings is 3. The highest BCUT2D eigenvalue weighted by atomic mass is 16.4. The molecule has 1 saturated carbocycles. The number of aliphatic hydroxyl groups excluding tert-OH is 1. The van der Waals surface area contributed by atoms with E-state index in [2.05, 4.69) is 5.32 Å². The zero-order valence-corrected chi connectivity index (χ0v) is 20.1. The van der Waals surface area contributed by atoms with Crippen molar-refractivity contribution >= 4 is 23.0 Å². The van der Waals surface area contributed by atoms with E-state index in [4.69, 9.17) is 0 Å². The third kappa shape index (κ3) is 2.34. The molecule has 1 fully saturated rings. The summed E-state index contributed by atoms with van der Waals surface area (Å²) in [5.74, 6) is -7.97. The molecule has 7 rings (SSSR count). The highest BCUT2D eigenvalue weighted by Crippen LogP contribution is 2.68. The van der Waals surface area contributed by atoms with Gasteiger partial charge in [0.05, 0.1) is 45.8 Å². The molecule has 8 N–H and O–H groups in total. The van der Waals surface area contributed by atoms with Crippen LogP contribution in [0.2, 0.25) is 0 Å². The van der Waals surface area contributed by atoms with Gasteiger partial charge in [-0.3, -0.25) is 14.4 Å². The third-order valence-corrected chi connectivity index (χ3v) is 9.01. The van der Waals surface area contributed by atoms with Gasteiger partial charge in [0.2, 0.25) is 11.6 Å². The van der Waals surface area contributed by atoms with Gasteiger partial charge in [0.1, 0.15) is 40.3 Å². The van der Waals surface area contributed by atoms with Crippen LogP contribution in [0, 0.1) is 5.92 Å². The van der Waals surface area contributed by atoms with Gasteiger partial charge in [0.15, 0.2) is 5.78 Å². The van der Waals surface area contributed by atoms with Gasteiger partial charge >= 0.3 is 0 Å². The summed E-state index contributed by atoms with van der Waals surface area (Å²) < 4.78 is 0. The molecule has 11 heteroatoms. The van der Waals surface area contributed by atoms with Crippen LogP contribution in [0.3, 0.4) is 0 Å². The number of aliphatic hydroxyl groups is 3. The van der Waals surface area contributed by atoms with Crippen LogP contribution < -0.4 is 5.32 Å². The molecule has 0 amide bonds. The van der Waals surface area contributed by atoms with Crippen LogP contribution in [0.1, 0.15) is 67.4 Å². The van der Waals surface area contributed by atoms with Crippen LogP contribution in [0.15, 0.2) is 36.4 Å². The van der Waals surface area contributed by atoms with E-state index < -0.39 is 92.0 Å². The molecule has 3 aromatic rings. The first-order valence-electron chi connectivity index (χ1n) is 12.2. The minimum Gasteiger partial charge on any atom is -0.508 e. The topological polar surface area (TPSA) is 205 Å². The highest BCUT2D eigenvalue weighted by molar-refractivity contribution is 6.33. The van der Waals surface area contributed by atoms with Gasteiger partial charge < -0.3 is 41.1 Å². The second kappa shape index (κ2) is 6.94. The van der Waals surface area contributed by atoms with Gasteiger partial charge in [0.25, 0.3) is 0 Å². The van der Waals surface area contributed by atoms with E-state index in [0.717, 1.165) is 18.2 Å². The normalized spacial score (nSPS) is 31.5. The van der Waals surface area contributed by atoms with Gasteiger partial charge in [-0.25, -0.2) is 0 Å². The quantitative estimate of drug-likeness (QED) is 0.151. The lowest BCUT2D eigenvalue weighted by Gasteiger charge is -2.64. The summed E-state index contributed by atoms with van der Waals surface area (Å²) in [5, 5.41) is 81.4. The molecule has 0 spiro atoms. The Hall–Kier alpha value is -4.45. The van der Waals surface area contributed by atoms with Gasteiger partial charge in [-0.15, -0.1) is 0 Å². The first-order chi connectivity index (χ1) is 18.4. The van der Waals surface area contributed by atoms with E-state index >= 15 is 0 Å². The number of ketones is 3. The predicted molar refractivity (Wildman–Crippen MR) is 131 cm³/mol. The van der Waals surface area contributed by atoms with Crippen LogP contribution in [-0.2, 0) is 10.4 Å². The molecular weight excluding hydrogens is 510 g/mol. The Labute approximate surface area is 219 Å². The van der Waals surface area contributed by atoms with Gasteiger partial charge in [-0.1, -0.05) is 19.1 Å². The summed E-state index contributed by atoms with van der Waals surface area (Å²) in [6.45, 7) is 1.34. The molecule has 198 valence electrons. The second-order valence-corrected chi connectivity index (χ2v) is 10.6. The fourth-order valence-corrected chi connectivity index (χ4v) is 7.26. The number of anilines is 1. The van der Waals surface area contributed by atoms with Gasteiger partial charge in [0, 0.05) is 11.1 Å². The highest BCUT2D eigenvalue weighted by Gasteiger charge is 2.75. The molecular formula is C28H21NO10. The number of phenolic OH excluding ortho intramolecular Hbond substituents is 4. The van der Waals surface area contributed by atoms with Crippen molar-refractivity contribution in [3.63, 3.8) is 0 Å². The van der Waals surface area contributed by atoms with E-state index in [9.17, 15) is 50.1 Å². The SMILES string of the molecule is C[C@H]1C(=O)C(O)[C@H]2c3c(O)cccc3[C@@H]3Nc4c(cc(O)c5c4C(=O)c4c(O)ccc(O)c4C5=O)[C@@]2(O)[C@]13O. The number of carbonyl (C=O) groups is 3. The van der Waals surface area contributed by atoms with Crippen molar-refractivity contribution in [3.8, 4) is 23.0 Å². The lowest BCUT2D eigenvalue weighted by Crippen LogP contribution is -2.75. The van der Waals surface area contributed by atoms with E-state index in [1.807, 2.05) is 0 Å². The van der Waals surface area contributed by atoms with Gasteiger partial charge in [-0.2, -0.15) is 0 Å². The Balaban J connectivity index is 1.61. The number of carbonyl (C=O) groups excluding carboxylic acids is 3. The molecule has 0 saturated heterocycles. The van der Waals surface area contributed by atoms with Crippen molar-refractivity contribution in [2.75, 3.05) is 5.32 Å². The Morgan fingerprint density at radius 2 is 1.38 bits per heavy atom. The molecule has 6 atom stereocenters. The first-order valence-corrected chi connectivity index (χ1v) is 12.2. The van der Waals surface area contributed by atoms with Crippen LogP contribution >= 0.6 is 0 Å². The number of rotatable bonds is 0. The van der Waals surface area contributed by atoms with Gasteiger partial charge in [-0.05, 0) is 29.8 Å². The van der Waals surface area contributed by atoms with Crippen molar-refractivity contribution in [1.29, 1.82) is 0 Å². The molecule has 4 aliphatic rings. The van der Waals surface area contributed by atoms with E-state index in [1.165, 1.54) is 25.1 Å². The average molecular weight is 531 g/mol. The standard InChI is InChI=1S/C28H21NO10/c1-8-22(34)25(37)20-15-9(3-2-4-11(15)30)26-27(8,38)28(20,39)10-7-14(33)18-19(21(10)29-26)24(36)17-13(32)6-5-12(31)16(17)23(18)35/h2-8,20,25-26,29-33,37-39H,1H3/t8-,20+,25?,26-,27-,28-/m0/s1. The molecule has 4 bridgehead atoms. The van der Waals surface area contributed by atoms with Crippen molar-refractivity contribution in [2.24, 2.45) is 5.92 Å². The van der Waals surface area contributed by atoms with Crippen LogP contribution in [-0.4, -0.2) is 64.8 Å². The molecule has 0 aromatic heterocycles. The Morgan fingerprint density at radius 3 is 2.03 bits per heavy atom. The van der Waals surface area contributed by atoms with Crippen molar-refractivity contribution in [2.45, 2.75) is 36.2 Å². The maximum atomic E-state index is 13.8. The first kappa shape index (κ1) is 23.7. The molecule has 39 heavy (non-hydrogen) atoms. The fourth-order valence-electron chi connectivity index (χ4n) is 7.26. The number of nitrogens with one attached hydrogen (secondary N) is 1. The molecule has 3 aliphatic carbocycles. The minimum atomic E-state index is -2.55. The van der Waals surface area contributed by atoms with E-state index in [0.29, 0.717) is 0 Å². The smallest absolute Gasteiger partial charge is 0.202 e. The zero-order chi connectivity index (χ0) is 27.9. The Kier molecular flexibility index (Phi) is 4.21. The summed E-state index contributed by atoms with van der Waals surface area (Å²) >= 11 is 0. The average Bonchev–Trinajstić information content (AvgIpc) is 2.89. The van der Waals surface area contributed by atoms with E-state index in [-0.39, 0.29) is 28.1 Å². The molecule has 3 aromatic carbocycles. The predicted octanol–water partition coefficient (Wildman–Crippen LogP) is 1.05. The van der Waals surface area contributed by atoms with Crippen LogP contribution in [0.4, 0.5) is 5.69 Å². The molecule has 0 radical (unpaired) electrons. The summed E-state index contributed by atoms with van der Waals surface area (Å²) in [5.41, 5.74) is -7.02. The maximum absolute atomic E-state index is 13.8. The number of hydrogen-bond donors (Lipinski definition) is 8. The number of hydrogen-bond acceptors (Lipinski definition) is 11.